The minimum absolute atomic E-state index is 0.190. The van der Waals surface area contributed by atoms with Crippen LogP contribution in [-0.4, -0.2) is 28.1 Å². The van der Waals surface area contributed by atoms with E-state index in [2.05, 4.69) is 0 Å². The van der Waals surface area contributed by atoms with Crippen molar-refractivity contribution in [2.45, 2.75) is 17.2 Å². The second-order valence-corrected chi connectivity index (χ2v) is 8.02. The Morgan fingerprint density at radius 1 is 1.43 bits per heavy atom. The Hall–Kier alpha value is -1.28. The maximum Gasteiger partial charge on any atom is 0.229 e. The van der Waals surface area contributed by atoms with Gasteiger partial charge >= 0.3 is 0 Å². The summed E-state index contributed by atoms with van der Waals surface area (Å²) >= 11 is 1.20. The molecule has 1 fully saturated rings. The van der Waals surface area contributed by atoms with Crippen molar-refractivity contribution in [2.75, 3.05) is 13.1 Å². The minimum atomic E-state index is -3.39. The van der Waals surface area contributed by atoms with Gasteiger partial charge in [-0.3, -0.25) is 0 Å². The number of hydrogen-bond donors (Lipinski definition) is 0. The molecule has 1 aromatic carbocycles. The predicted octanol–water partition coefficient (Wildman–Crippen LogP) is 2.86. The number of hydrogen-bond acceptors (Lipinski definition) is 4. The highest BCUT2D eigenvalue weighted by molar-refractivity contribution is 7.97. The van der Waals surface area contributed by atoms with Crippen molar-refractivity contribution in [3.63, 3.8) is 0 Å². The molecule has 0 amide bonds. The molecule has 0 bridgehead atoms. The molecule has 21 heavy (non-hydrogen) atoms. The fraction of sp³-hybridized carbons (Fsp3) is 0.286. The van der Waals surface area contributed by atoms with E-state index in [0.717, 1.165) is 0 Å². The number of rotatable bonds is 4. The Balaban J connectivity index is 1.61. The predicted molar refractivity (Wildman–Crippen MR) is 78.5 cm³/mol. The smallest absolute Gasteiger partial charge is 0.229 e. The van der Waals surface area contributed by atoms with Crippen LogP contribution in [0, 0.1) is 12.7 Å². The van der Waals surface area contributed by atoms with Crippen molar-refractivity contribution >= 4 is 21.7 Å². The van der Waals surface area contributed by atoms with Gasteiger partial charge in [0.25, 0.3) is 0 Å². The van der Waals surface area contributed by atoms with E-state index in [1.807, 2.05) is 0 Å². The van der Waals surface area contributed by atoms with E-state index in [0.29, 0.717) is 28.6 Å². The van der Waals surface area contributed by atoms with Gasteiger partial charge in [0, 0.05) is 6.07 Å². The highest BCUT2D eigenvalue weighted by Crippen LogP contribution is 2.31. The van der Waals surface area contributed by atoms with Crippen LogP contribution in [0.1, 0.15) is 5.56 Å². The SMILES string of the molecule is Cc1cc(OC2CN([S+](=O)([O-])c3cccs3)C2)ccc1F. The average molecular weight is 327 g/mol. The van der Waals surface area contributed by atoms with Crippen molar-refractivity contribution < 1.29 is 17.9 Å². The molecule has 4 nitrogen and oxygen atoms in total. The van der Waals surface area contributed by atoms with Crippen LogP contribution in [-0.2, 0) is 14.6 Å². The lowest BCUT2D eigenvalue weighted by Gasteiger charge is -2.38. The Morgan fingerprint density at radius 2 is 2.19 bits per heavy atom. The number of sulfonamides is 1. The van der Waals surface area contributed by atoms with Gasteiger partial charge in [-0.25, -0.2) is 4.39 Å². The number of nitrogens with zero attached hydrogens (tertiary/aromatic N) is 1. The molecule has 1 aliphatic rings. The third kappa shape index (κ3) is 2.87. The molecule has 7 heteroatoms. The van der Waals surface area contributed by atoms with Gasteiger partial charge in [-0.05, 0) is 42.1 Å². The number of halogens is 1. The van der Waals surface area contributed by atoms with Crippen LogP contribution in [0.15, 0.2) is 39.9 Å². The Labute approximate surface area is 127 Å². The van der Waals surface area contributed by atoms with Crippen molar-refractivity contribution in [2.24, 2.45) is 0 Å². The molecule has 1 aliphatic heterocycles. The van der Waals surface area contributed by atoms with E-state index < -0.39 is 10.4 Å². The molecule has 2 heterocycles. The summed E-state index contributed by atoms with van der Waals surface area (Å²) < 4.78 is 45.0. The molecule has 1 unspecified atom stereocenters. The van der Waals surface area contributed by atoms with Gasteiger partial charge < -0.3 is 9.29 Å². The van der Waals surface area contributed by atoms with Gasteiger partial charge in [0.15, 0.2) is 10.4 Å². The van der Waals surface area contributed by atoms with Crippen LogP contribution in [0.2, 0.25) is 0 Å². The summed E-state index contributed by atoms with van der Waals surface area (Å²) in [6, 6.07) is 7.83. The molecule has 0 radical (unpaired) electrons. The largest absolute Gasteiger partial charge is 0.592 e. The standard InChI is InChI=1S/C14H14FNO3S2/c1-10-7-11(4-5-13(10)15)19-12-8-16(9-12)21(17,18)14-3-2-6-20-14/h2-7,12H,8-9H2,1H3. The lowest BCUT2D eigenvalue weighted by Crippen LogP contribution is -2.57. The average Bonchev–Trinajstić information content (AvgIpc) is 2.91. The zero-order valence-electron chi connectivity index (χ0n) is 11.3. The van der Waals surface area contributed by atoms with Gasteiger partial charge in [0.2, 0.25) is 4.21 Å². The quantitative estimate of drug-likeness (QED) is 0.812. The Kier molecular flexibility index (Phi) is 3.83. The lowest BCUT2D eigenvalue weighted by atomic mass is 10.2. The molecule has 0 spiro atoms. The van der Waals surface area contributed by atoms with Crippen LogP contribution in [0.3, 0.4) is 0 Å². The number of benzene rings is 1. The molecular weight excluding hydrogens is 313 g/mol. The lowest BCUT2D eigenvalue weighted by molar-refractivity contribution is 0.0704. The summed E-state index contributed by atoms with van der Waals surface area (Å²) in [4.78, 5) is 0. The highest BCUT2D eigenvalue weighted by Gasteiger charge is 2.43. The molecule has 1 atom stereocenters. The van der Waals surface area contributed by atoms with E-state index in [-0.39, 0.29) is 11.9 Å². The normalized spacial score (nSPS) is 19.0. The van der Waals surface area contributed by atoms with Gasteiger partial charge in [-0.1, -0.05) is 15.5 Å². The molecule has 1 aromatic heterocycles. The molecule has 0 N–H and O–H groups in total. The number of ether oxygens (including phenoxy) is 1. The fourth-order valence-corrected chi connectivity index (χ4v) is 4.74. The maximum absolute atomic E-state index is 13.2. The molecule has 1 saturated heterocycles. The summed E-state index contributed by atoms with van der Waals surface area (Å²) in [6.07, 6.45) is -0.190. The first-order chi connectivity index (χ1) is 9.96. The second kappa shape index (κ2) is 5.49. The number of thiophene rings is 1. The zero-order chi connectivity index (χ0) is 15.0. The fourth-order valence-electron chi connectivity index (χ4n) is 2.09. The van der Waals surface area contributed by atoms with Crippen LogP contribution in [0.25, 0.3) is 0 Å². The first-order valence-electron chi connectivity index (χ1n) is 6.43. The number of aryl methyl sites for hydroxylation is 1. The summed E-state index contributed by atoms with van der Waals surface area (Å²) in [6.45, 7) is 2.30. The van der Waals surface area contributed by atoms with E-state index in [9.17, 15) is 13.2 Å². The van der Waals surface area contributed by atoms with Crippen molar-refractivity contribution in [1.29, 1.82) is 0 Å². The zero-order valence-corrected chi connectivity index (χ0v) is 13.0. The van der Waals surface area contributed by atoms with Crippen molar-refractivity contribution in [3.8, 4) is 5.75 Å². The molecule has 0 aliphatic carbocycles. The maximum atomic E-state index is 13.2. The van der Waals surface area contributed by atoms with Crippen LogP contribution < -0.4 is 4.74 Å². The second-order valence-electron chi connectivity index (χ2n) is 4.90. The first kappa shape index (κ1) is 14.6. The molecular formula is C14H14FNO3S2. The molecule has 0 saturated carbocycles. The Bertz CT molecular complexity index is 684. The van der Waals surface area contributed by atoms with Crippen LogP contribution >= 0.6 is 11.3 Å². The van der Waals surface area contributed by atoms with E-state index in [1.54, 1.807) is 36.6 Å². The minimum Gasteiger partial charge on any atom is -0.592 e. The summed E-state index contributed by atoms with van der Waals surface area (Å²) in [5, 5.41) is 1.74. The summed E-state index contributed by atoms with van der Waals surface area (Å²) in [5.41, 5.74) is 0.509. The topological polar surface area (TPSA) is 52.6 Å². The van der Waals surface area contributed by atoms with Gasteiger partial charge in [0.05, 0.1) is 13.1 Å². The Morgan fingerprint density at radius 3 is 2.81 bits per heavy atom. The highest BCUT2D eigenvalue weighted by atomic mass is 32.3. The molecule has 112 valence electrons. The van der Waals surface area contributed by atoms with E-state index in [4.69, 9.17) is 4.74 Å². The van der Waals surface area contributed by atoms with Gasteiger partial charge in [0.1, 0.15) is 17.7 Å². The third-order valence-electron chi connectivity index (χ3n) is 3.34. The monoisotopic (exact) mass is 327 g/mol. The van der Waals surface area contributed by atoms with Crippen LogP contribution in [0.5, 0.6) is 5.75 Å². The summed E-state index contributed by atoms with van der Waals surface area (Å²) in [7, 11) is -3.39. The van der Waals surface area contributed by atoms with Gasteiger partial charge in [-0.15, -0.1) is 4.31 Å². The molecule has 3 rings (SSSR count). The van der Waals surface area contributed by atoms with E-state index in [1.165, 1.54) is 21.7 Å². The molecule has 2 aromatic rings. The third-order valence-corrected chi connectivity index (χ3v) is 6.54. The van der Waals surface area contributed by atoms with Crippen LogP contribution in [0.4, 0.5) is 4.39 Å². The van der Waals surface area contributed by atoms with Crippen molar-refractivity contribution in [3.05, 3.63) is 47.1 Å². The summed E-state index contributed by atoms with van der Waals surface area (Å²) in [5.74, 6) is 0.282. The first-order valence-corrected chi connectivity index (χ1v) is 8.75. The van der Waals surface area contributed by atoms with Crippen molar-refractivity contribution in [1.82, 2.24) is 4.31 Å². The van der Waals surface area contributed by atoms with Gasteiger partial charge in [-0.2, -0.15) is 0 Å². The van der Waals surface area contributed by atoms with E-state index >= 15 is 0 Å².